The highest BCUT2D eigenvalue weighted by Crippen LogP contribution is 2.29. The van der Waals surface area contributed by atoms with Gasteiger partial charge in [-0.1, -0.05) is 36.8 Å². The molecule has 0 fully saturated rings. The SMILES string of the molecule is CCCS(=O)(=O)c1nc2ccc(NS(=O)(=O)Cc3ccc(C)cc3)cc2s1. The van der Waals surface area contributed by atoms with Gasteiger partial charge in [0.1, 0.15) is 0 Å². The first-order valence-electron chi connectivity index (χ1n) is 8.38. The second kappa shape index (κ2) is 7.57. The molecule has 0 aliphatic heterocycles. The summed E-state index contributed by atoms with van der Waals surface area (Å²) in [7, 11) is -6.98. The second-order valence-electron chi connectivity index (χ2n) is 6.33. The van der Waals surface area contributed by atoms with Crippen molar-refractivity contribution >= 4 is 47.1 Å². The Morgan fingerprint density at radius 2 is 1.74 bits per heavy atom. The zero-order chi connectivity index (χ0) is 19.7. The number of nitrogens with zero attached hydrogens (tertiary/aromatic N) is 1. The van der Waals surface area contributed by atoms with Gasteiger partial charge in [0.15, 0.2) is 0 Å². The quantitative estimate of drug-likeness (QED) is 0.624. The number of thiazole rings is 1. The summed E-state index contributed by atoms with van der Waals surface area (Å²) in [5.74, 6) is -0.0903. The summed E-state index contributed by atoms with van der Waals surface area (Å²) in [6, 6.07) is 12.1. The molecule has 0 aliphatic carbocycles. The van der Waals surface area contributed by atoms with E-state index in [1.165, 1.54) is 0 Å². The monoisotopic (exact) mass is 424 g/mol. The Balaban J connectivity index is 1.83. The van der Waals surface area contributed by atoms with Gasteiger partial charge in [0.05, 0.1) is 27.4 Å². The Labute approximate surface area is 163 Å². The Hall–Kier alpha value is -1.97. The lowest BCUT2D eigenvalue weighted by atomic mass is 10.2. The van der Waals surface area contributed by atoms with Gasteiger partial charge in [0, 0.05) is 0 Å². The van der Waals surface area contributed by atoms with Crippen LogP contribution in [-0.4, -0.2) is 27.6 Å². The second-order valence-corrected chi connectivity index (χ2v) is 11.4. The third-order valence-electron chi connectivity index (χ3n) is 3.86. The van der Waals surface area contributed by atoms with Crippen LogP contribution in [0.2, 0.25) is 0 Å². The van der Waals surface area contributed by atoms with Crippen LogP contribution < -0.4 is 4.72 Å². The minimum atomic E-state index is -3.58. The summed E-state index contributed by atoms with van der Waals surface area (Å²) in [5.41, 5.74) is 2.68. The van der Waals surface area contributed by atoms with Crippen LogP contribution in [0.3, 0.4) is 0 Å². The van der Waals surface area contributed by atoms with Crippen molar-refractivity contribution in [3.8, 4) is 0 Å². The van der Waals surface area contributed by atoms with E-state index in [2.05, 4.69) is 9.71 Å². The number of benzene rings is 2. The number of nitrogens with one attached hydrogen (secondary N) is 1. The van der Waals surface area contributed by atoms with Crippen molar-refractivity contribution in [3.05, 3.63) is 53.6 Å². The third-order valence-corrected chi connectivity index (χ3v) is 8.51. The zero-order valence-electron chi connectivity index (χ0n) is 15.0. The topological polar surface area (TPSA) is 93.2 Å². The molecule has 3 rings (SSSR count). The maximum Gasteiger partial charge on any atom is 0.236 e. The van der Waals surface area contributed by atoms with E-state index < -0.39 is 19.9 Å². The first-order chi connectivity index (χ1) is 12.7. The number of sulfonamides is 1. The lowest BCUT2D eigenvalue weighted by Crippen LogP contribution is -2.14. The molecule has 0 saturated carbocycles. The van der Waals surface area contributed by atoms with Crippen LogP contribution in [0.4, 0.5) is 5.69 Å². The summed E-state index contributed by atoms with van der Waals surface area (Å²) in [6.07, 6.45) is 0.516. The molecule has 0 saturated heterocycles. The van der Waals surface area contributed by atoms with E-state index in [0.717, 1.165) is 16.9 Å². The first-order valence-corrected chi connectivity index (χ1v) is 12.5. The maximum atomic E-state index is 12.4. The van der Waals surface area contributed by atoms with Gasteiger partial charge in [-0.3, -0.25) is 4.72 Å². The number of rotatable bonds is 7. The largest absolute Gasteiger partial charge is 0.283 e. The van der Waals surface area contributed by atoms with Crippen LogP contribution in [0.5, 0.6) is 0 Å². The average Bonchev–Trinajstić information content (AvgIpc) is 3.00. The summed E-state index contributed by atoms with van der Waals surface area (Å²) < 4.78 is 52.4. The summed E-state index contributed by atoms with van der Waals surface area (Å²) in [4.78, 5) is 4.17. The van der Waals surface area contributed by atoms with E-state index in [4.69, 9.17) is 0 Å². The minimum absolute atomic E-state index is 0.0445. The number of fused-ring (bicyclic) bond motifs is 1. The molecule has 1 aromatic heterocycles. The Morgan fingerprint density at radius 1 is 1.04 bits per heavy atom. The highest BCUT2D eigenvalue weighted by atomic mass is 32.2. The number of sulfone groups is 1. The molecule has 0 bridgehead atoms. The van der Waals surface area contributed by atoms with E-state index in [0.29, 0.717) is 27.9 Å². The highest BCUT2D eigenvalue weighted by molar-refractivity contribution is 7.93. The van der Waals surface area contributed by atoms with E-state index in [-0.39, 0.29) is 15.8 Å². The summed E-state index contributed by atoms with van der Waals surface area (Å²) in [6.45, 7) is 3.74. The van der Waals surface area contributed by atoms with Gasteiger partial charge in [0.2, 0.25) is 24.2 Å². The van der Waals surface area contributed by atoms with Crippen molar-refractivity contribution < 1.29 is 16.8 Å². The van der Waals surface area contributed by atoms with Gasteiger partial charge in [-0.2, -0.15) is 0 Å². The molecule has 2 aromatic carbocycles. The standard InChI is InChI=1S/C18H20N2O4S3/c1-3-10-26(21,22)18-19-16-9-8-15(11-17(16)25-18)20-27(23,24)12-14-6-4-13(2)5-7-14/h4-9,11,20H,3,10,12H2,1-2H3. The fourth-order valence-electron chi connectivity index (χ4n) is 2.58. The Bertz CT molecular complexity index is 1170. The number of anilines is 1. The predicted octanol–water partition coefficient (Wildman–Crippen LogP) is 3.73. The molecule has 6 nitrogen and oxygen atoms in total. The van der Waals surface area contributed by atoms with Crippen molar-refractivity contribution in [2.45, 2.75) is 30.4 Å². The molecular weight excluding hydrogens is 404 g/mol. The van der Waals surface area contributed by atoms with Crippen molar-refractivity contribution in [1.29, 1.82) is 0 Å². The molecule has 3 aromatic rings. The van der Waals surface area contributed by atoms with E-state index in [9.17, 15) is 16.8 Å². The molecule has 1 heterocycles. The number of aryl methyl sites for hydroxylation is 1. The Morgan fingerprint density at radius 3 is 2.41 bits per heavy atom. The van der Waals surface area contributed by atoms with Gasteiger partial charge < -0.3 is 0 Å². The third kappa shape index (κ3) is 4.85. The lowest BCUT2D eigenvalue weighted by molar-refractivity contribution is 0.593. The molecule has 1 N–H and O–H groups in total. The van der Waals surface area contributed by atoms with E-state index >= 15 is 0 Å². The van der Waals surface area contributed by atoms with Crippen molar-refractivity contribution in [1.82, 2.24) is 4.98 Å². The van der Waals surface area contributed by atoms with E-state index in [1.54, 1.807) is 37.3 Å². The van der Waals surface area contributed by atoms with Crippen molar-refractivity contribution in [2.75, 3.05) is 10.5 Å². The van der Waals surface area contributed by atoms with Crippen LogP contribution in [0, 0.1) is 6.92 Å². The molecule has 0 spiro atoms. The zero-order valence-corrected chi connectivity index (χ0v) is 17.4. The van der Waals surface area contributed by atoms with Crippen LogP contribution in [-0.2, 0) is 25.6 Å². The molecule has 0 radical (unpaired) electrons. The average molecular weight is 425 g/mol. The molecule has 9 heteroatoms. The molecule has 144 valence electrons. The van der Waals surface area contributed by atoms with Gasteiger partial charge in [-0.15, -0.1) is 11.3 Å². The van der Waals surface area contributed by atoms with Gasteiger partial charge in [-0.05, 0) is 37.1 Å². The fourth-order valence-corrected chi connectivity index (χ4v) is 6.48. The number of aromatic nitrogens is 1. The Kier molecular flexibility index (Phi) is 5.55. The van der Waals surface area contributed by atoms with Crippen LogP contribution in [0.25, 0.3) is 10.2 Å². The van der Waals surface area contributed by atoms with Crippen LogP contribution in [0.1, 0.15) is 24.5 Å². The van der Waals surface area contributed by atoms with Crippen LogP contribution >= 0.6 is 11.3 Å². The molecule has 0 unspecified atom stereocenters. The summed E-state index contributed by atoms with van der Waals surface area (Å²) in [5, 5.41) is 0. The summed E-state index contributed by atoms with van der Waals surface area (Å²) >= 11 is 1.06. The van der Waals surface area contributed by atoms with Gasteiger partial charge in [0.25, 0.3) is 0 Å². The molecule has 0 amide bonds. The van der Waals surface area contributed by atoms with E-state index in [1.807, 2.05) is 19.1 Å². The molecule has 0 atom stereocenters. The molecular formula is C18H20N2O4S3. The molecule has 27 heavy (non-hydrogen) atoms. The predicted molar refractivity (Wildman–Crippen MR) is 109 cm³/mol. The van der Waals surface area contributed by atoms with Crippen LogP contribution in [0.15, 0.2) is 46.8 Å². The van der Waals surface area contributed by atoms with Crippen molar-refractivity contribution in [3.63, 3.8) is 0 Å². The smallest absolute Gasteiger partial charge is 0.236 e. The van der Waals surface area contributed by atoms with Gasteiger partial charge in [-0.25, -0.2) is 21.8 Å². The van der Waals surface area contributed by atoms with Gasteiger partial charge >= 0.3 is 0 Å². The number of hydrogen-bond acceptors (Lipinski definition) is 6. The maximum absolute atomic E-state index is 12.4. The lowest BCUT2D eigenvalue weighted by Gasteiger charge is -2.08. The fraction of sp³-hybridized carbons (Fsp3) is 0.278. The first kappa shape index (κ1) is 19.8. The highest BCUT2D eigenvalue weighted by Gasteiger charge is 2.19. The minimum Gasteiger partial charge on any atom is -0.283 e. The van der Waals surface area contributed by atoms with Crippen molar-refractivity contribution in [2.24, 2.45) is 0 Å². The molecule has 0 aliphatic rings. The number of hydrogen-bond donors (Lipinski definition) is 1. The normalized spacial score (nSPS) is 12.4.